The van der Waals surface area contributed by atoms with E-state index in [0.717, 1.165) is 5.56 Å². The maximum absolute atomic E-state index is 13.2. The number of carbonyl (C=O) groups excluding carboxylic acids is 2. The van der Waals surface area contributed by atoms with E-state index < -0.39 is 22.8 Å². The number of nitro benzene ring substituents is 1. The van der Waals surface area contributed by atoms with Gasteiger partial charge in [0.1, 0.15) is 18.4 Å². The summed E-state index contributed by atoms with van der Waals surface area (Å²) in [7, 11) is 0. The topological polar surface area (TPSA) is 141 Å². The van der Waals surface area contributed by atoms with Crippen LogP contribution in [0.5, 0.6) is 0 Å². The summed E-state index contributed by atoms with van der Waals surface area (Å²) in [6.07, 6.45) is 0. The molecule has 2 aromatic carbocycles. The molecule has 0 saturated carbocycles. The molecule has 2 aromatic rings. The Labute approximate surface area is 207 Å². The number of hydrogen-bond donors (Lipinski definition) is 1. The number of carbonyl (C=O) groups is 2. The number of esters is 2. The van der Waals surface area contributed by atoms with Crippen molar-refractivity contribution < 1.29 is 28.7 Å². The quantitative estimate of drug-likeness (QED) is 0.228. The summed E-state index contributed by atoms with van der Waals surface area (Å²) in [6, 6.07) is 17.0. The van der Waals surface area contributed by atoms with Crippen LogP contribution in [-0.2, 0) is 30.4 Å². The Balaban J connectivity index is 1.88. The first-order valence-corrected chi connectivity index (χ1v) is 11.2. The minimum absolute atomic E-state index is 0.0317. The number of hydrogen-bond acceptors (Lipinski definition) is 9. The van der Waals surface area contributed by atoms with Crippen LogP contribution in [0.1, 0.15) is 30.9 Å². The van der Waals surface area contributed by atoms with E-state index in [1.165, 1.54) is 18.2 Å². The molecule has 0 aliphatic carbocycles. The number of non-ortho nitro benzene ring substituents is 1. The molecule has 10 nitrogen and oxygen atoms in total. The van der Waals surface area contributed by atoms with Crippen LogP contribution in [0.2, 0.25) is 0 Å². The number of nitrogens with one attached hydrogen (secondary N) is 1. The van der Waals surface area contributed by atoms with Crippen LogP contribution in [0.3, 0.4) is 0 Å². The monoisotopic (exact) mass is 491 g/mol. The van der Waals surface area contributed by atoms with Gasteiger partial charge in [0, 0.05) is 17.8 Å². The zero-order valence-corrected chi connectivity index (χ0v) is 19.9. The molecule has 1 heterocycles. The Hall–Kier alpha value is -4.49. The van der Waals surface area contributed by atoms with Crippen molar-refractivity contribution in [2.45, 2.75) is 26.4 Å². The molecule has 1 aliphatic rings. The van der Waals surface area contributed by atoms with Gasteiger partial charge in [0.25, 0.3) is 5.69 Å². The zero-order valence-electron chi connectivity index (χ0n) is 19.9. The second-order valence-corrected chi connectivity index (χ2v) is 7.74. The molecule has 1 N–H and O–H groups in total. The Kier molecular flexibility index (Phi) is 8.91. The van der Waals surface area contributed by atoms with Gasteiger partial charge in [-0.2, -0.15) is 5.26 Å². The van der Waals surface area contributed by atoms with Crippen LogP contribution in [-0.4, -0.2) is 36.7 Å². The average molecular weight is 492 g/mol. The highest BCUT2D eigenvalue weighted by atomic mass is 16.6. The van der Waals surface area contributed by atoms with E-state index in [-0.39, 0.29) is 53.6 Å². The van der Waals surface area contributed by atoms with Gasteiger partial charge in [0.05, 0.1) is 41.8 Å². The first-order chi connectivity index (χ1) is 17.4. The predicted octanol–water partition coefficient (Wildman–Crippen LogP) is 3.66. The van der Waals surface area contributed by atoms with E-state index in [0.29, 0.717) is 6.61 Å². The zero-order chi connectivity index (χ0) is 26.1. The van der Waals surface area contributed by atoms with Crippen molar-refractivity contribution in [2.24, 2.45) is 0 Å². The number of nitriles is 1. The Morgan fingerprint density at radius 3 is 2.44 bits per heavy atom. The third-order valence-electron chi connectivity index (χ3n) is 5.38. The minimum Gasteiger partial charge on any atom is -0.463 e. The van der Waals surface area contributed by atoms with E-state index in [4.69, 9.17) is 14.2 Å². The molecule has 1 atom stereocenters. The number of rotatable bonds is 10. The van der Waals surface area contributed by atoms with Crippen LogP contribution in [0.4, 0.5) is 5.69 Å². The first-order valence-electron chi connectivity index (χ1n) is 11.2. The van der Waals surface area contributed by atoms with Gasteiger partial charge in [-0.15, -0.1) is 0 Å². The average Bonchev–Trinajstić information content (AvgIpc) is 2.88. The molecule has 0 fully saturated rings. The number of benzene rings is 2. The summed E-state index contributed by atoms with van der Waals surface area (Å²) in [5.74, 6) is -2.68. The third-order valence-corrected chi connectivity index (χ3v) is 5.38. The predicted molar refractivity (Wildman–Crippen MR) is 128 cm³/mol. The van der Waals surface area contributed by atoms with Crippen molar-refractivity contribution in [1.82, 2.24) is 5.32 Å². The van der Waals surface area contributed by atoms with Gasteiger partial charge in [0.2, 0.25) is 0 Å². The fourth-order valence-electron chi connectivity index (χ4n) is 3.80. The van der Waals surface area contributed by atoms with Crippen molar-refractivity contribution in [3.63, 3.8) is 0 Å². The van der Waals surface area contributed by atoms with Crippen molar-refractivity contribution in [3.05, 3.63) is 98.4 Å². The Morgan fingerprint density at radius 1 is 1.06 bits per heavy atom. The third kappa shape index (κ3) is 6.14. The molecule has 186 valence electrons. The lowest BCUT2D eigenvalue weighted by Gasteiger charge is -2.29. The van der Waals surface area contributed by atoms with Crippen molar-refractivity contribution in [1.29, 1.82) is 5.26 Å². The van der Waals surface area contributed by atoms with Gasteiger partial charge in [-0.25, -0.2) is 9.59 Å². The van der Waals surface area contributed by atoms with Crippen LogP contribution in [0, 0.1) is 21.4 Å². The number of nitro groups is 1. The summed E-state index contributed by atoms with van der Waals surface area (Å²) < 4.78 is 16.1. The summed E-state index contributed by atoms with van der Waals surface area (Å²) in [4.78, 5) is 36.9. The molecule has 10 heteroatoms. The second-order valence-electron chi connectivity index (χ2n) is 7.74. The standard InChI is InChI=1S/C26H25N3O7/c1-3-35-26(31)24-21(15-27)28-17(2)22(23(24)19-10-7-11-20(14-19)29(32)33)25(30)36-13-12-34-16-18-8-5-4-6-9-18/h4-11,14,23,28H,3,12-13,16H2,1-2H3. The van der Waals surface area contributed by atoms with E-state index >= 15 is 0 Å². The van der Waals surface area contributed by atoms with Crippen LogP contribution in [0.25, 0.3) is 0 Å². The Bertz CT molecular complexity index is 1250. The van der Waals surface area contributed by atoms with Crippen molar-refractivity contribution in [3.8, 4) is 6.07 Å². The smallest absolute Gasteiger partial charge is 0.337 e. The van der Waals surface area contributed by atoms with Gasteiger partial charge >= 0.3 is 11.9 Å². The highest BCUT2D eigenvalue weighted by Gasteiger charge is 2.39. The maximum Gasteiger partial charge on any atom is 0.337 e. The highest BCUT2D eigenvalue weighted by molar-refractivity contribution is 6.00. The summed E-state index contributed by atoms with van der Waals surface area (Å²) in [5.41, 5.74) is 1.10. The number of allylic oxidation sites excluding steroid dienone is 2. The Morgan fingerprint density at radius 2 is 1.78 bits per heavy atom. The summed E-state index contributed by atoms with van der Waals surface area (Å²) >= 11 is 0. The number of nitrogens with zero attached hydrogens (tertiary/aromatic N) is 2. The van der Waals surface area contributed by atoms with Gasteiger partial charge in [0.15, 0.2) is 0 Å². The summed E-state index contributed by atoms with van der Waals surface area (Å²) in [6.45, 7) is 3.61. The van der Waals surface area contributed by atoms with E-state index in [2.05, 4.69) is 5.32 Å². The maximum atomic E-state index is 13.2. The first kappa shape index (κ1) is 26.1. The van der Waals surface area contributed by atoms with E-state index in [1.807, 2.05) is 36.4 Å². The van der Waals surface area contributed by atoms with Crippen molar-refractivity contribution in [2.75, 3.05) is 19.8 Å². The van der Waals surface area contributed by atoms with Gasteiger partial charge in [-0.1, -0.05) is 42.5 Å². The SMILES string of the molecule is CCOC(=O)C1=C(C#N)NC(C)=C(C(=O)OCCOCc2ccccc2)C1c1cccc([N+](=O)[O-])c1. The number of ether oxygens (including phenoxy) is 3. The minimum atomic E-state index is -1.11. The second kappa shape index (κ2) is 12.3. The molecule has 0 saturated heterocycles. The van der Waals surface area contributed by atoms with E-state index in [9.17, 15) is 25.0 Å². The molecule has 0 aromatic heterocycles. The van der Waals surface area contributed by atoms with Crippen LogP contribution in [0.15, 0.2) is 77.1 Å². The molecular weight excluding hydrogens is 466 g/mol. The summed E-state index contributed by atoms with van der Waals surface area (Å²) in [5, 5.41) is 23.8. The lowest BCUT2D eigenvalue weighted by Crippen LogP contribution is -2.33. The van der Waals surface area contributed by atoms with E-state index in [1.54, 1.807) is 19.9 Å². The number of dihydropyridines is 1. The molecule has 1 aliphatic heterocycles. The van der Waals surface area contributed by atoms with Crippen LogP contribution >= 0.6 is 0 Å². The molecule has 1 unspecified atom stereocenters. The molecule has 0 radical (unpaired) electrons. The lowest BCUT2D eigenvalue weighted by molar-refractivity contribution is -0.384. The lowest BCUT2D eigenvalue weighted by atomic mass is 9.80. The van der Waals surface area contributed by atoms with Gasteiger partial charge < -0.3 is 19.5 Å². The van der Waals surface area contributed by atoms with Gasteiger partial charge in [-0.3, -0.25) is 10.1 Å². The normalized spacial score (nSPS) is 15.1. The van der Waals surface area contributed by atoms with Gasteiger partial charge in [-0.05, 0) is 25.0 Å². The van der Waals surface area contributed by atoms with Crippen LogP contribution < -0.4 is 5.32 Å². The molecule has 0 spiro atoms. The molecular formula is C26H25N3O7. The highest BCUT2D eigenvalue weighted by Crippen LogP contribution is 2.40. The fraction of sp³-hybridized carbons (Fsp3) is 0.269. The van der Waals surface area contributed by atoms with Crippen molar-refractivity contribution >= 4 is 17.6 Å². The fourth-order valence-corrected chi connectivity index (χ4v) is 3.80. The largest absolute Gasteiger partial charge is 0.463 e. The molecule has 0 bridgehead atoms. The molecule has 0 amide bonds. The molecule has 3 rings (SSSR count). The molecule has 36 heavy (non-hydrogen) atoms.